The number of aromatic nitrogens is 1. The molecular formula is C20H22FN3OS2. The molecule has 142 valence electrons. The predicted octanol–water partition coefficient (Wildman–Crippen LogP) is 4.76. The van der Waals surface area contributed by atoms with Gasteiger partial charge in [0, 0.05) is 17.0 Å². The van der Waals surface area contributed by atoms with E-state index in [1.54, 1.807) is 22.7 Å². The Kier molecular flexibility index (Phi) is 6.46. The lowest BCUT2D eigenvalue weighted by molar-refractivity contribution is 0.0986. The molecule has 4 nitrogen and oxygen atoms in total. The molecule has 0 N–H and O–H groups in total. The van der Waals surface area contributed by atoms with Gasteiger partial charge in [0.25, 0.3) is 5.91 Å². The third-order valence-corrected chi connectivity index (χ3v) is 5.95. The minimum Gasteiger partial charge on any atom is -0.309 e. The number of hydrogen-bond donors (Lipinski definition) is 0. The number of anilines is 1. The number of nitrogens with zero attached hydrogens (tertiary/aromatic N) is 3. The lowest BCUT2D eigenvalue weighted by atomic mass is 10.2. The highest BCUT2D eigenvalue weighted by Crippen LogP contribution is 2.31. The van der Waals surface area contributed by atoms with E-state index in [1.807, 2.05) is 50.7 Å². The summed E-state index contributed by atoms with van der Waals surface area (Å²) in [5.74, 6) is -0.471. The fourth-order valence-electron chi connectivity index (χ4n) is 2.74. The summed E-state index contributed by atoms with van der Waals surface area (Å²) in [6.45, 7) is 1.39. The van der Waals surface area contributed by atoms with Crippen LogP contribution in [0.25, 0.3) is 10.2 Å². The van der Waals surface area contributed by atoms with E-state index in [-0.39, 0.29) is 11.7 Å². The van der Waals surface area contributed by atoms with Crippen molar-refractivity contribution in [1.29, 1.82) is 0 Å². The van der Waals surface area contributed by atoms with Gasteiger partial charge in [-0.3, -0.25) is 9.69 Å². The van der Waals surface area contributed by atoms with Crippen LogP contribution in [-0.4, -0.2) is 49.2 Å². The van der Waals surface area contributed by atoms with Crippen LogP contribution in [-0.2, 0) is 0 Å². The van der Waals surface area contributed by atoms with E-state index in [9.17, 15) is 9.18 Å². The van der Waals surface area contributed by atoms with Crippen LogP contribution in [0.2, 0.25) is 0 Å². The molecule has 0 saturated heterocycles. The van der Waals surface area contributed by atoms with Crippen LogP contribution in [0.3, 0.4) is 0 Å². The van der Waals surface area contributed by atoms with Crippen LogP contribution in [0.1, 0.15) is 16.8 Å². The van der Waals surface area contributed by atoms with Crippen molar-refractivity contribution in [3.05, 3.63) is 53.8 Å². The molecule has 0 bridgehead atoms. The van der Waals surface area contributed by atoms with Crippen LogP contribution in [0.15, 0.2) is 47.4 Å². The van der Waals surface area contributed by atoms with Gasteiger partial charge in [-0.25, -0.2) is 9.37 Å². The summed E-state index contributed by atoms with van der Waals surface area (Å²) in [6, 6.07) is 12.4. The minimum atomic E-state index is -0.361. The molecule has 1 aromatic heterocycles. The van der Waals surface area contributed by atoms with Crippen molar-refractivity contribution in [2.45, 2.75) is 11.3 Å². The standard InChI is InChI=1S/C20H22FN3OS2/c1-23(2)12-5-13-24(19(25)14-8-10-15(26-3)11-9-14)20-22-18-16(21)6-4-7-17(18)27-20/h4,6-11H,5,12-13H2,1-3H3. The van der Waals surface area contributed by atoms with Gasteiger partial charge >= 0.3 is 0 Å². The maximum atomic E-state index is 14.1. The van der Waals surface area contributed by atoms with Gasteiger partial charge in [-0.05, 0) is 69.7 Å². The maximum Gasteiger partial charge on any atom is 0.260 e. The average Bonchev–Trinajstić information content (AvgIpc) is 3.10. The molecule has 3 rings (SSSR count). The molecule has 0 aliphatic carbocycles. The number of carbonyl (C=O) groups is 1. The van der Waals surface area contributed by atoms with Gasteiger partial charge < -0.3 is 4.90 Å². The molecule has 1 amide bonds. The Labute approximate surface area is 167 Å². The number of rotatable bonds is 7. The van der Waals surface area contributed by atoms with Crippen molar-refractivity contribution in [1.82, 2.24) is 9.88 Å². The molecule has 1 heterocycles. The van der Waals surface area contributed by atoms with Crippen LogP contribution < -0.4 is 4.90 Å². The van der Waals surface area contributed by atoms with Crippen LogP contribution in [0, 0.1) is 5.82 Å². The molecule has 0 fully saturated rings. The summed E-state index contributed by atoms with van der Waals surface area (Å²) in [4.78, 5) is 22.4. The summed E-state index contributed by atoms with van der Waals surface area (Å²) in [6.07, 6.45) is 2.81. The van der Waals surface area contributed by atoms with Gasteiger partial charge in [-0.2, -0.15) is 0 Å². The fourth-order valence-corrected chi connectivity index (χ4v) is 4.15. The van der Waals surface area contributed by atoms with E-state index < -0.39 is 0 Å². The number of hydrogen-bond acceptors (Lipinski definition) is 5. The highest BCUT2D eigenvalue weighted by atomic mass is 32.2. The topological polar surface area (TPSA) is 36.4 Å². The zero-order chi connectivity index (χ0) is 19.4. The third-order valence-electron chi connectivity index (χ3n) is 4.16. The SMILES string of the molecule is CSc1ccc(C(=O)N(CCCN(C)C)c2nc3c(F)cccc3s2)cc1. The molecule has 0 atom stereocenters. The maximum absolute atomic E-state index is 14.1. The summed E-state index contributed by atoms with van der Waals surface area (Å²) in [5.41, 5.74) is 0.929. The molecule has 0 radical (unpaired) electrons. The summed E-state index contributed by atoms with van der Waals surface area (Å²) >= 11 is 2.98. The summed E-state index contributed by atoms with van der Waals surface area (Å²) in [5, 5.41) is 0.535. The first kappa shape index (κ1) is 19.8. The highest BCUT2D eigenvalue weighted by molar-refractivity contribution is 7.98. The van der Waals surface area contributed by atoms with Gasteiger partial charge in [0.15, 0.2) is 5.13 Å². The Morgan fingerprint density at radius 1 is 1.15 bits per heavy atom. The second-order valence-electron chi connectivity index (χ2n) is 6.43. The van der Waals surface area contributed by atoms with Crippen molar-refractivity contribution in [2.75, 3.05) is 38.3 Å². The van der Waals surface area contributed by atoms with E-state index in [4.69, 9.17) is 0 Å². The Morgan fingerprint density at radius 3 is 2.52 bits per heavy atom. The van der Waals surface area contributed by atoms with Crippen molar-refractivity contribution >= 4 is 44.4 Å². The Morgan fingerprint density at radius 2 is 1.89 bits per heavy atom. The smallest absolute Gasteiger partial charge is 0.260 e. The molecule has 27 heavy (non-hydrogen) atoms. The lowest BCUT2D eigenvalue weighted by Crippen LogP contribution is -2.33. The predicted molar refractivity (Wildman–Crippen MR) is 113 cm³/mol. The molecular weight excluding hydrogens is 381 g/mol. The highest BCUT2D eigenvalue weighted by Gasteiger charge is 2.22. The number of thiazole rings is 1. The van der Waals surface area contributed by atoms with Crippen molar-refractivity contribution in [2.24, 2.45) is 0 Å². The quantitative estimate of drug-likeness (QED) is 0.533. The van der Waals surface area contributed by atoms with E-state index in [1.165, 1.54) is 17.4 Å². The van der Waals surface area contributed by atoms with Gasteiger partial charge in [-0.15, -0.1) is 11.8 Å². The van der Waals surface area contributed by atoms with E-state index in [0.29, 0.717) is 22.8 Å². The van der Waals surface area contributed by atoms with Gasteiger partial charge in [-0.1, -0.05) is 17.4 Å². The molecule has 0 aliphatic rings. The lowest BCUT2D eigenvalue weighted by Gasteiger charge is -2.21. The van der Waals surface area contributed by atoms with Crippen molar-refractivity contribution < 1.29 is 9.18 Å². The Hall–Kier alpha value is -1.96. The number of carbonyl (C=O) groups excluding carboxylic acids is 1. The molecule has 0 saturated carbocycles. The second-order valence-corrected chi connectivity index (χ2v) is 8.31. The van der Waals surface area contributed by atoms with E-state index >= 15 is 0 Å². The van der Waals surface area contributed by atoms with E-state index in [2.05, 4.69) is 9.88 Å². The number of benzene rings is 2. The minimum absolute atomic E-state index is 0.110. The van der Waals surface area contributed by atoms with Gasteiger partial charge in [0.1, 0.15) is 11.3 Å². The molecule has 7 heteroatoms. The first-order valence-electron chi connectivity index (χ1n) is 8.65. The zero-order valence-electron chi connectivity index (χ0n) is 15.6. The van der Waals surface area contributed by atoms with Gasteiger partial charge in [0.05, 0.1) is 4.70 Å². The van der Waals surface area contributed by atoms with Crippen LogP contribution in [0.5, 0.6) is 0 Å². The monoisotopic (exact) mass is 403 g/mol. The fraction of sp³-hybridized carbons (Fsp3) is 0.300. The number of halogens is 1. The summed E-state index contributed by atoms with van der Waals surface area (Å²) in [7, 11) is 4.00. The number of amides is 1. The van der Waals surface area contributed by atoms with Crippen molar-refractivity contribution in [3.63, 3.8) is 0 Å². The number of fused-ring (bicyclic) bond motifs is 1. The van der Waals surface area contributed by atoms with Crippen LogP contribution in [0.4, 0.5) is 9.52 Å². The Balaban J connectivity index is 1.93. The number of thioether (sulfide) groups is 1. The van der Waals surface area contributed by atoms with Crippen molar-refractivity contribution in [3.8, 4) is 0 Å². The van der Waals surface area contributed by atoms with E-state index in [0.717, 1.165) is 22.6 Å². The summed E-state index contributed by atoms with van der Waals surface area (Å²) < 4.78 is 14.8. The van der Waals surface area contributed by atoms with Gasteiger partial charge in [0.2, 0.25) is 0 Å². The normalized spacial score (nSPS) is 11.3. The molecule has 0 spiro atoms. The molecule has 0 aliphatic heterocycles. The largest absolute Gasteiger partial charge is 0.309 e. The molecule has 3 aromatic rings. The average molecular weight is 404 g/mol. The molecule has 2 aromatic carbocycles. The molecule has 0 unspecified atom stereocenters. The third kappa shape index (κ3) is 4.66. The second kappa shape index (κ2) is 8.82. The Bertz CT molecular complexity index is 925. The number of para-hydroxylation sites is 1. The zero-order valence-corrected chi connectivity index (χ0v) is 17.2. The first-order chi connectivity index (χ1) is 13.0. The van der Waals surface area contributed by atoms with Crippen LogP contribution >= 0.6 is 23.1 Å². The first-order valence-corrected chi connectivity index (χ1v) is 10.7.